The Morgan fingerprint density at radius 3 is 1.75 bits per heavy atom. The minimum absolute atomic E-state index is 1.09. The Morgan fingerprint density at radius 1 is 0.358 bits per heavy atom. The molecule has 11 rings (SSSR count). The minimum Gasteiger partial charge on any atom is -0.309 e. The van der Waals surface area contributed by atoms with Crippen molar-refractivity contribution in [1.82, 2.24) is 0 Å². The zero-order valence-corrected chi connectivity index (χ0v) is 29.5. The standard InChI is InChI=1S/C52H37N/c1-3-12-34(13-4-1)38-22-23-39-30-47-48-31-40-24-26-43(29-42(40)33-50(48)49(47)32-41(39)28-38)53(51-21-11-18-35-16-7-9-19-44(35)51)52-45-20-10-8-17-37(45)25-27-46(52)36-14-5-2-6-15-36/h1-7,9,11-16,18-19,21-33H,8,10,17,20H2. The molecule has 1 nitrogen and oxygen atoms in total. The van der Waals surface area contributed by atoms with E-state index in [1.807, 2.05) is 0 Å². The number of hydrogen-bond donors (Lipinski definition) is 0. The molecule has 0 bridgehead atoms. The maximum atomic E-state index is 2.58. The van der Waals surface area contributed by atoms with Crippen molar-refractivity contribution in [3.05, 3.63) is 187 Å². The van der Waals surface area contributed by atoms with Crippen molar-refractivity contribution in [3.8, 4) is 44.5 Å². The molecule has 0 aliphatic heterocycles. The van der Waals surface area contributed by atoms with Crippen LogP contribution in [0.3, 0.4) is 0 Å². The first kappa shape index (κ1) is 30.2. The lowest BCUT2D eigenvalue weighted by Crippen LogP contribution is -2.17. The van der Waals surface area contributed by atoms with Gasteiger partial charge in [0.25, 0.3) is 0 Å². The predicted molar refractivity (Wildman–Crippen MR) is 226 cm³/mol. The summed E-state index contributed by atoms with van der Waals surface area (Å²) in [5.41, 5.74) is 17.1. The van der Waals surface area contributed by atoms with Crippen LogP contribution < -0.4 is 4.90 Å². The minimum atomic E-state index is 1.09. The summed E-state index contributed by atoms with van der Waals surface area (Å²) in [4.78, 5) is 2.58. The Kier molecular flexibility index (Phi) is 6.88. The Morgan fingerprint density at radius 2 is 0.981 bits per heavy atom. The van der Waals surface area contributed by atoms with Gasteiger partial charge in [0.1, 0.15) is 0 Å². The third-order valence-electron chi connectivity index (χ3n) is 11.7. The highest BCUT2D eigenvalue weighted by Crippen LogP contribution is 2.52. The largest absolute Gasteiger partial charge is 0.309 e. The lowest BCUT2D eigenvalue weighted by Gasteiger charge is -2.34. The van der Waals surface area contributed by atoms with Crippen molar-refractivity contribution in [2.24, 2.45) is 0 Å². The first-order chi connectivity index (χ1) is 26.3. The Bertz CT molecular complexity index is 2880. The molecule has 9 aromatic rings. The first-order valence-corrected chi connectivity index (χ1v) is 19.0. The van der Waals surface area contributed by atoms with Gasteiger partial charge in [-0.2, -0.15) is 0 Å². The van der Waals surface area contributed by atoms with Gasteiger partial charge in [-0.1, -0.05) is 127 Å². The summed E-state index contributed by atoms with van der Waals surface area (Å²) in [5.74, 6) is 0. The normalized spacial score (nSPS) is 13.0. The fourth-order valence-corrected chi connectivity index (χ4v) is 9.07. The summed E-state index contributed by atoms with van der Waals surface area (Å²) >= 11 is 0. The molecular weight excluding hydrogens is 639 g/mol. The Balaban J connectivity index is 1.11. The third kappa shape index (κ3) is 4.92. The molecule has 1 heteroatoms. The molecule has 2 aliphatic rings. The van der Waals surface area contributed by atoms with Crippen LogP contribution in [0.2, 0.25) is 0 Å². The molecule has 0 radical (unpaired) electrons. The van der Waals surface area contributed by atoms with Crippen molar-refractivity contribution in [3.63, 3.8) is 0 Å². The van der Waals surface area contributed by atoms with E-state index in [1.54, 1.807) is 0 Å². The fourth-order valence-electron chi connectivity index (χ4n) is 9.07. The molecule has 0 saturated heterocycles. The van der Waals surface area contributed by atoms with E-state index in [0.29, 0.717) is 0 Å². The number of benzene rings is 9. The number of anilines is 3. The Hall–Kier alpha value is -6.44. The number of nitrogens with zero attached hydrogens (tertiary/aromatic N) is 1. The molecule has 0 N–H and O–H groups in total. The van der Waals surface area contributed by atoms with Gasteiger partial charge in [0.2, 0.25) is 0 Å². The molecule has 250 valence electrons. The lowest BCUT2D eigenvalue weighted by molar-refractivity contribution is 0.686. The Labute approximate surface area is 310 Å². The van der Waals surface area contributed by atoms with Gasteiger partial charge in [-0.05, 0) is 151 Å². The first-order valence-electron chi connectivity index (χ1n) is 19.0. The topological polar surface area (TPSA) is 3.24 Å². The SMILES string of the molecule is c1ccc(-c2ccc3cc4c(cc3c2)-c2cc3cc(N(c5c(-c6ccccc6)ccc6c5CCCC6)c5cccc6ccccc56)ccc3cc2-4)cc1. The number of rotatable bonds is 5. The molecule has 2 aliphatic carbocycles. The van der Waals surface area contributed by atoms with Gasteiger partial charge in [0.15, 0.2) is 0 Å². The molecule has 0 fully saturated rings. The van der Waals surface area contributed by atoms with Gasteiger partial charge >= 0.3 is 0 Å². The van der Waals surface area contributed by atoms with Crippen LogP contribution in [-0.2, 0) is 12.8 Å². The number of hydrogen-bond acceptors (Lipinski definition) is 1. The fraction of sp³-hybridized carbons (Fsp3) is 0.0769. The van der Waals surface area contributed by atoms with Gasteiger partial charge in [0, 0.05) is 16.6 Å². The third-order valence-corrected chi connectivity index (χ3v) is 11.7. The number of aryl methyl sites for hydroxylation is 1. The van der Waals surface area contributed by atoms with E-state index < -0.39 is 0 Å². The predicted octanol–water partition coefficient (Wildman–Crippen LogP) is 14.5. The van der Waals surface area contributed by atoms with E-state index in [1.165, 1.54) is 118 Å². The van der Waals surface area contributed by atoms with Gasteiger partial charge < -0.3 is 4.90 Å². The van der Waals surface area contributed by atoms with Crippen molar-refractivity contribution in [2.75, 3.05) is 4.90 Å². The molecule has 0 atom stereocenters. The molecule has 53 heavy (non-hydrogen) atoms. The molecule has 0 heterocycles. The second kappa shape index (κ2) is 12.1. The van der Waals surface area contributed by atoms with Crippen LogP contribution in [0, 0.1) is 0 Å². The molecule has 0 spiro atoms. The van der Waals surface area contributed by atoms with Crippen LogP contribution in [0.4, 0.5) is 17.1 Å². The summed E-state index contributed by atoms with van der Waals surface area (Å²) in [6.07, 6.45) is 4.68. The van der Waals surface area contributed by atoms with Crippen molar-refractivity contribution < 1.29 is 0 Å². The van der Waals surface area contributed by atoms with Crippen LogP contribution in [0.1, 0.15) is 24.0 Å². The van der Waals surface area contributed by atoms with Crippen LogP contribution in [-0.4, -0.2) is 0 Å². The molecule has 0 amide bonds. The molecule has 0 aromatic heterocycles. The highest BCUT2D eigenvalue weighted by molar-refractivity contribution is 6.13. The zero-order chi connectivity index (χ0) is 34.9. The molecular formula is C52H37N. The quantitative estimate of drug-likeness (QED) is 0.175. The zero-order valence-electron chi connectivity index (χ0n) is 29.5. The van der Waals surface area contributed by atoms with Crippen LogP contribution in [0.15, 0.2) is 176 Å². The van der Waals surface area contributed by atoms with Gasteiger partial charge in [-0.25, -0.2) is 0 Å². The number of fused-ring (bicyclic) bond motifs is 8. The summed E-state index contributed by atoms with van der Waals surface area (Å²) in [6, 6.07) is 65.6. The highest BCUT2D eigenvalue weighted by atomic mass is 15.1. The molecule has 0 unspecified atom stereocenters. The summed E-state index contributed by atoms with van der Waals surface area (Å²) in [6.45, 7) is 0. The van der Waals surface area contributed by atoms with Crippen molar-refractivity contribution in [1.29, 1.82) is 0 Å². The summed E-state index contributed by atoms with van der Waals surface area (Å²) in [7, 11) is 0. The molecule has 9 aromatic carbocycles. The van der Waals surface area contributed by atoms with E-state index in [0.717, 1.165) is 12.8 Å². The van der Waals surface area contributed by atoms with Gasteiger partial charge in [0.05, 0.1) is 11.4 Å². The van der Waals surface area contributed by atoms with Gasteiger partial charge in [-0.15, -0.1) is 0 Å². The van der Waals surface area contributed by atoms with E-state index in [2.05, 4.69) is 181 Å². The average Bonchev–Trinajstić information content (AvgIpc) is 3.23. The van der Waals surface area contributed by atoms with Crippen LogP contribution in [0.5, 0.6) is 0 Å². The lowest BCUT2D eigenvalue weighted by atomic mass is 9.77. The van der Waals surface area contributed by atoms with Crippen LogP contribution in [0.25, 0.3) is 76.8 Å². The van der Waals surface area contributed by atoms with Crippen molar-refractivity contribution >= 4 is 49.4 Å². The molecule has 0 saturated carbocycles. The monoisotopic (exact) mass is 675 g/mol. The second-order valence-corrected chi connectivity index (χ2v) is 14.8. The van der Waals surface area contributed by atoms with Crippen LogP contribution >= 0.6 is 0 Å². The van der Waals surface area contributed by atoms with E-state index in [-0.39, 0.29) is 0 Å². The van der Waals surface area contributed by atoms with E-state index in [4.69, 9.17) is 0 Å². The average molecular weight is 676 g/mol. The highest BCUT2D eigenvalue weighted by Gasteiger charge is 2.27. The summed E-state index contributed by atoms with van der Waals surface area (Å²) in [5, 5.41) is 7.62. The van der Waals surface area contributed by atoms with E-state index >= 15 is 0 Å². The maximum absolute atomic E-state index is 2.58. The smallest absolute Gasteiger partial charge is 0.0575 e. The van der Waals surface area contributed by atoms with Gasteiger partial charge in [-0.3, -0.25) is 0 Å². The second-order valence-electron chi connectivity index (χ2n) is 14.8. The van der Waals surface area contributed by atoms with E-state index in [9.17, 15) is 0 Å². The summed E-state index contributed by atoms with van der Waals surface area (Å²) < 4.78 is 0. The maximum Gasteiger partial charge on any atom is 0.0575 e. The van der Waals surface area contributed by atoms with Crippen molar-refractivity contribution in [2.45, 2.75) is 25.7 Å².